The first-order chi connectivity index (χ1) is 13.6. The summed E-state index contributed by atoms with van der Waals surface area (Å²) >= 11 is 0. The molecule has 2 aromatic rings. The van der Waals surface area contributed by atoms with Crippen molar-refractivity contribution in [3.05, 3.63) is 71.8 Å². The molecule has 3 atom stereocenters. The van der Waals surface area contributed by atoms with Gasteiger partial charge in [0, 0.05) is 7.11 Å². The fraction of sp³-hybridized carbons (Fsp3) is 0.333. The highest BCUT2D eigenvalue weighted by Crippen LogP contribution is 2.24. The average Bonchev–Trinajstić information content (AvgIpc) is 3.08. The molecule has 1 heterocycles. The zero-order valence-corrected chi connectivity index (χ0v) is 15.6. The van der Waals surface area contributed by atoms with Crippen molar-refractivity contribution in [2.75, 3.05) is 13.7 Å². The van der Waals surface area contributed by atoms with Gasteiger partial charge in [0.25, 0.3) is 0 Å². The summed E-state index contributed by atoms with van der Waals surface area (Å²) in [5.41, 5.74) is 1.63. The summed E-state index contributed by atoms with van der Waals surface area (Å²) in [6.07, 6.45) is -2.60. The summed E-state index contributed by atoms with van der Waals surface area (Å²) in [7, 11) is 1.42. The van der Waals surface area contributed by atoms with E-state index in [1.54, 1.807) is 0 Å². The Morgan fingerprint density at radius 1 is 0.964 bits per heavy atom. The molecule has 148 valence electrons. The maximum atomic E-state index is 12.6. The maximum Gasteiger partial charge on any atom is 0.411 e. The summed E-state index contributed by atoms with van der Waals surface area (Å²) in [4.78, 5) is 26.3. The fourth-order valence-electron chi connectivity index (χ4n) is 3.09. The third-order valence-electron chi connectivity index (χ3n) is 4.62. The highest BCUT2D eigenvalue weighted by Gasteiger charge is 2.49. The van der Waals surface area contributed by atoms with Crippen molar-refractivity contribution in [1.29, 1.82) is 0 Å². The Labute approximate surface area is 163 Å². The molecule has 1 fully saturated rings. The van der Waals surface area contributed by atoms with Gasteiger partial charge >= 0.3 is 12.1 Å². The second-order valence-corrected chi connectivity index (χ2v) is 6.50. The van der Waals surface area contributed by atoms with Gasteiger partial charge in [-0.15, -0.1) is 0 Å². The van der Waals surface area contributed by atoms with E-state index in [4.69, 9.17) is 14.2 Å². The highest BCUT2D eigenvalue weighted by molar-refractivity contribution is 5.83. The van der Waals surface area contributed by atoms with E-state index in [0.717, 1.165) is 16.0 Å². The number of carbonyl (C=O) groups is 2. The largest absolute Gasteiger partial charge is 0.459 e. The van der Waals surface area contributed by atoms with Crippen molar-refractivity contribution >= 4 is 12.1 Å². The Bertz CT molecular complexity index is 782. The van der Waals surface area contributed by atoms with Crippen LogP contribution < -0.4 is 0 Å². The number of aliphatic hydroxyl groups excluding tert-OH is 1. The number of benzene rings is 2. The van der Waals surface area contributed by atoms with Gasteiger partial charge in [0.15, 0.2) is 6.04 Å². The Balaban J connectivity index is 1.65. The van der Waals surface area contributed by atoms with E-state index in [-0.39, 0.29) is 19.8 Å². The first-order valence-corrected chi connectivity index (χ1v) is 8.99. The van der Waals surface area contributed by atoms with Crippen LogP contribution in [0.1, 0.15) is 11.1 Å². The molecular formula is C21H23NO6. The van der Waals surface area contributed by atoms with Crippen LogP contribution in [-0.2, 0) is 32.2 Å². The molecule has 1 amide bonds. The number of esters is 1. The standard InChI is InChI=1S/C21H23NO6/c1-26-17-12-22(21(25)28-14-16-10-6-3-7-11-16)18(19(17)23)20(24)27-13-15-8-4-2-5-9-15/h2-11,17-19,23H,12-14H2,1H3/t17-,18-,19+/m0/s1. The number of aliphatic hydroxyl groups is 1. The van der Waals surface area contributed by atoms with Crippen molar-refractivity contribution in [3.63, 3.8) is 0 Å². The van der Waals surface area contributed by atoms with Crippen molar-refractivity contribution in [1.82, 2.24) is 4.90 Å². The monoisotopic (exact) mass is 385 g/mol. The van der Waals surface area contributed by atoms with Crippen molar-refractivity contribution < 1.29 is 28.9 Å². The molecule has 2 aromatic carbocycles. The van der Waals surface area contributed by atoms with Crippen LogP contribution in [0.2, 0.25) is 0 Å². The molecule has 28 heavy (non-hydrogen) atoms. The van der Waals surface area contributed by atoms with E-state index in [2.05, 4.69) is 0 Å². The summed E-state index contributed by atoms with van der Waals surface area (Å²) in [6.45, 7) is 0.152. The predicted octanol–water partition coefficient (Wildman–Crippen LogP) is 2.13. The average molecular weight is 385 g/mol. The van der Waals surface area contributed by atoms with Gasteiger partial charge in [-0.05, 0) is 11.1 Å². The number of methoxy groups -OCH3 is 1. The number of likely N-dealkylation sites (tertiary alicyclic amines) is 1. The molecule has 3 rings (SSSR count). The van der Waals surface area contributed by atoms with Gasteiger partial charge in [-0.3, -0.25) is 4.90 Å². The molecular weight excluding hydrogens is 362 g/mol. The van der Waals surface area contributed by atoms with Crippen LogP contribution in [0.5, 0.6) is 0 Å². The van der Waals surface area contributed by atoms with Gasteiger partial charge < -0.3 is 19.3 Å². The van der Waals surface area contributed by atoms with E-state index in [9.17, 15) is 14.7 Å². The SMILES string of the molecule is CO[C@H]1CN(C(=O)OCc2ccccc2)[C@H](C(=O)OCc2ccccc2)[C@@H]1O. The van der Waals surface area contributed by atoms with Crippen molar-refractivity contribution in [2.24, 2.45) is 0 Å². The molecule has 7 heteroatoms. The fourth-order valence-corrected chi connectivity index (χ4v) is 3.09. The maximum absolute atomic E-state index is 12.6. The number of hydrogen-bond donors (Lipinski definition) is 1. The molecule has 0 saturated carbocycles. The summed E-state index contributed by atoms with van der Waals surface area (Å²) < 4.78 is 15.8. The molecule has 0 unspecified atom stereocenters. The minimum atomic E-state index is -1.20. The third-order valence-corrected chi connectivity index (χ3v) is 4.62. The van der Waals surface area contributed by atoms with Crippen LogP contribution in [0.3, 0.4) is 0 Å². The number of rotatable bonds is 6. The molecule has 0 bridgehead atoms. The van der Waals surface area contributed by atoms with E-state index in [1.165, 1.54) is 7.11 Å². The quantitative estimate of drug-likeness (QED) is 0.767. The van der Waals surface area contributed by atoms with Gasteiger partial charge in [-0.1, -0.05) is 60.7 Å². The zero-order chi connectivity index (χ0) is 19.9. The van der Waals surface area contributed by atoms with Crippen molar-refractivity contribution in [3.8, 4) is 0 Å². The molecule has 1 saturated heterocycles. The highest BCUT2D eigenvalue weighted by atomic mass is 16.6. The summed E-state index contributed by atoms with van der Waals surface area (Å²) in [5.74, 6) is -0.701. The molecule has 7 nitrogen and oxygen atoms in total. The lowest BCUT2D eigenvalue weighted by Gasteiger charge is -2.23. The first-order valence-electron chi connectivity index (χ1n) is 8.99. The third kappa shape index (κ3) is 4.68. The first kappa shape index (κ1) is 19.9. The lowest BCUT2D eigenvalue weighted by molar-refractivity contribution is -0.153. The van der Waals surface area contributed by atoms with Gasteiger partial charge in [-0.25, -0.2) is 9.59 Å². The number of amides is 1. The molecule has 0 aliphatic carbocycles. The molecule has 1 N–H and O–H groups in total. The smallest absolute Gasteiger partial charge is 0.411 e. The van der Waals surface area contributed by atoms with Gasteiger partial charge in [0.2, 0.25) is 0 Å². The van der Waals surface area contributed by atoms with Crippen LogP contribution in [0.25, 0.3) is 0 Å². The lowest BCUT2D eigenvalue weighted by atomic mass is 10.1. The zero-order valence-electron chi connectivity index (χ0n) is 15.6. The molecule has 0 radical (unpaired) electrons. The summed E-state index contributed by atoms with van der Waals surface area (Å²) in [5, 5.41) is 10.4. The Kier molecular flexibility index (Phi) is 6.62. The van der Waals surface area contributed by atoms with Crippen LogP contribution in [-0.4, -0.2) is 54.0 Å². The Morgan fingerprint density at radius 2 is 1.50 bits per heavy atom. The van der Waals surface area contributed by atoms with Crippen LogP contribution in [0.15, 0.2) is 60.7 Å². The van der Waals surface area contributed by atoms with Crippen molar-refractivity contribution in [2.45, 2.75) is 31.5 Å². The van der Waals surface area contributed by atoms with E-state index in [1.807, 2.05) is 60.7 Å². The molecule has 0 spiro atoms. The van der Waals surface area contributed by atoms with E-state index in [0.29, 0.717) is 0 Å². The molecule has 1 aliphatic heterocycles. The van der Waals surface area contributed by atoms with Crippen LogP contribution in [0, 0.1) is 0 Å². The second kappa shape index (κ2) is 9.34. The van der Waals surface area contributed by atoms with E-state index < -0.39 is 30.3 Å². The topological polar surface area (TPSA) is 85.3 Å². The minimum Gasteiger partial charge on any atom is -0.459 e. The number of nitrogens with zero attached hydrogens (tertiary/aromatic N) is 1. The molecule has 1 aliphatic rings. The number of ether oxygens (including phenoxy) is 3. The second-order valence-electron chi connectivity index (χ2n) is 6.50. The van der Waals surface area contributed by atoms with Crippen LogP contribution in [0.4, 0.5) is 4.79 Å². The van der Waals surface area contributed by atoms with Gasteiger partial charge in [-0.2, -0.15) is 0 Å². The van der Waals surface area contributed by atoms with Crippen LogP contribution >= 0.6 is 0 Å². The summed E-state index contributed by atoms with van der Waals surface area (Å²) in [6, 6.07) is 17.2. The normalized spacial score (nSPS) is 21.4. The Hall–Kier alpha value is -2.90. The van der Waals surface area contributed by atoms with Gasteiger partial charge in [0.1, 0.15) is 25.4 Å². The van der Waals surface area contributed by atoms with Gasteiger partial charge in [0.05, 0.1) is 6.54 Å². The number of hydrogen-bond acceptors (Lipinski definition) is 6. The molecule has 0 aromatic heterocycles. The lowest BCUT2D eigenvalue weighted by Crippen LogP contribution is -2.46. The predicted molar refractivity (Wildman–Crippen MR) is 100 cm³/mol. The van der Waals surface area contributed by atoms with E-state index >= 15 is 0 Å². The Morgan fingerprint density at radius 3 is 2.04 bits per heavy atom. The number of carbonyl (C=O) groups excluding carboxylic acids is 2. The minimum absolute atomic E-state index is 0.0381.